The van der Waals surface area contributed by atoms with E-state index in [1.165, 1.54) is 29.2 Å². The third-order valence-corrected chi connectivity index (χ3v) is 4.92. The van der Waals surface area contributed by atoms with Gasteiger partial charge >= 0.3 is 0 Å². The standard InChI is InChI=1S/C11H18N2S2/c12-9-11(3-6-14-7-4-11)13-8-10-2-1-5-15-10/h1-2,5,13H,3-4,6-9,12H2. The number of nitrogens with one attached hydrogen (secondary N) is 1. The van der Waals surface area contributed by atoms with Gasteiger partial charge in [0.2, 0.25) is 0 Å². The third kappa shape index (κ3) is 2.97. The Morgan fingerprint density at radius 2 is 2.20 bits per heavy atom. The molecule has 0 radical (unpaired) electrons. The summed E-state index contributed by atoms with van der Waals surface area (Å²) in [6, 6.07) is 4.28. The first kappa shape index (κ1) is 11.5. The number of hydrogen-bond acceptors (Lipinski definition) is 4. The highest BCUT2D eigenvalue weighted by Gasteiger charge is 2.29. The van der Waals surface area contributed by atoms with Crippen LogP contribution in [0.3, 0.4) is 0 Å². The zero-order valence-corrected chi connectivity index (χ0v) is 10.5. The summed E-state index contributed by atoms with van der Waals surface area (Å²) < 4.78 is 0. The summed E-state index contributed by atoms with van der Waals surface area (Å²) in [7, 11) is 0. The van der Waals surface area contributed by atoms with Crippen LogP contribution < -0.4 is 11.1 Å². The van der Waals surface area contributed by atoms with E-state index in [0.29, 0.717) is 0 Å². The molecular formula is C11H18N2S2. The Bertz CT molecular complexity index is 279. The van der Waals surface area contributed by atoms with Gasteiger partial charge in [0.15, 0.2) is 0 Å². The van der Waals surface area contributed by atoms with Gasteiger partial charge in [-0.1, -0.05) is 6.07 Å². The first-order chi connectivity index (χ1) is 7.35. The molecule has 1 aliphatic rings. The lowest BCUT2D eigenvalue weighted by Crippen LogP contribution is -2.53. The smallest absolute Gasteiger partial charge is 0.0323 e. The monoisotopic (exact) mass is 242 g/mol. The van der Waals surface area contributed by atoms with Gasteiger partial charge in [-0.3, -0.25) is 0 Å². The maximum atomic E-state index is 5.91. The number of rotatable bonds is 4. The number of thioether (sulfide) groups is 1. The molecule has 0 bridgehead atoms. The molecule has 15 heavy (non-hydrogen) atoms. The topological polar surface area (TPSA) is 38.0 Å². The Morgan fingerprint density at radius 3 is 2.80 bits per heavy atom. The van der Waals surface area contributed by atoms with Crippen molar-refractivity contribution in [3.63, 3.8) is 0 Å². The lowest BCUT2D eigenvalue weighted by atomic mass is 9.92. The first-order valence-corrected chi connectivity index (χ1v) is 7.43. The van der Waals surface area contributed by atoms with Crippen LogP contribution in [0.15, 0.2) is 17.5 Å². The maximum absolute atomic E-state index is 5.91. The zero-order valence-electron chi connectivity index (χ0n) is 8.87. The van der Waals surface area contributed by atoms with Crippen molar-refractivity contribution in [3.8, 4) is 0 Å². The Morgan fingerprint density at radius 1 is 1.40 bits per heavy atom. The van der Waals surface area contributed by atoms with Crippen LogP contribution >= 0.6 is 23.1 Å². The Balaban J connectivity index is 1.89. The summed E-state index contributed by atoms with van der Waals surface area (Å²) >= 11 is 3.86. The van der Waals surface area contributed by atoms with Crippen molar-refractivity contribution in [1.29, 1.82) is 0 Å². The minimum Gasteiger partial charge on any atom is -0.329 e. The summed E-state index contributed by atoms with van der Waals surface area (Å²) in [5.74, 6) is 2.49. The zero-order chi connectivity index (χ0) is 10.6. The normalized spacial score (nSPS) is 20.3. The van der Waals surface area contributed by atoms with Gasteiger partial charge in [0.25, 0.3) is 0 Å². The second-order valence-corrected chi connectivity index (χ2v) is 6.29. The average molecular weight is 242 g/mol. The Labute approximate surface area is 99.6 Å². The van der Waals surface area contributed by atoms with Gasteiger partial charge < -0.3 is 11.1 Å². The molecule has 1 fully saturated rings. The Kier molecular flexibility index (Phi) is 4.08. The van der Waals surface area contributed by atoms with E-state index < -0.39 is 0 Å². The summed E-state index contributed by atoms with van der Waals surface area (Å²) in [6.45, 7) is 1.73. The molecule has 3 N–H and O–H groups in total. The van der Waals surface area contributed by atoms with Crippen molar-refractivity contribution in [1.82, 2.24) is 5.32 Å². The van der Waals surface area contributed by atoms with Crippen LogP contribution in [0.2, 0.25) is 0 Å². The lowest BCUT2D eigenvalue weighted by Gasteiger charge is -2.37. The van der Waals surface area contributed by atoms with Gasteiger partial charge in [-0.05, 0) is 35.8 Å². The molecule has 4 heteroatoms. The van der Waals surface area contributed by atoms with E-state index in [0.717, 1.165) is 13.1 Å². The number of thiophene rings is 1. The van der Waals surface area contributed by atoms with Gasteiger partial charge in [-0.2, -0.15) is 11.8 Å². The molecule has 0 atom stereocenters. The molecule has 2 heterocycles. The highest BCUT2D eigenvalue weighted by atomic mass is 32.2. The highest BCUT2D eigenvalue weighted by Crippen LogP contribution is 2.26. The molecule has 1 saturated heterocycles. The number of hydrogen-bond donors (Lipinski definition) is 2. The van der Waals surface area contributed by atoms with Crippen LogP contribution in [-0.4, -0.2) is 23.6 Å². The summed E-state index contributed by atoms with van der Waals surface area (Å²) in [4.78, 5) is 1.40. The minimum atomic E-state index is 0.204. The average Bonchev–Trinajstić information content (AvgIpc) is 2.81. The van der Waals surface area contributed by atoms with Crippen LogP contribution in [0, 0.1) is 0 Å². The fourth-order valence-electron chi connectivity index (χ4n) is 1.90. The lowest BCUT2D eigenvalue weighted by molar-refractivity contribution is 0.307. The van der Waals surface area contributed by atoms with Crippen LogP contribution in [0.1, 0.15) is 17.7 Å². The van der Waals surface area contributed by atoms with Crippen molar-refractivity contribution in [3.05, 3.63) is 22.4 Å². The van der Waals surface area contributed by atoms with E-state index in [1.807, 2.05) is 23.1 Å². The van der Waals surface area contributed by atoms with Gasteiger partial charge in [-0.15, -0.1) is 11.3 Å². The molecule has 1 aliphatic heterocycles. The SMILES string of the molecule is NCC1(NCc2cccs2)CCSCC1. The fourth-order valence-corrected chi connectivity index (χ4v) is 3.82. The predicted molar refractivity (Wildman–Crippen MR) is 69.5 cm³/mol. The molecule has 0 aliphatic carbocycles. The van der Waals surface area contributed by atoms with Crippen molar-refractivity contribution < 1.29 is 0 Å². The second kappa shape index (κ2) is 5.34. The molecule has 1 aromatic heterocycles. The van der Waals surface area contributed by atoms with Crippen molar-refractivity contribution in [2.75, 3.05) is 18.1 Å². The molecule has 0 spiro atoms. The molecule has 0 saturated carbocycles. The van der Waals surface area contributed by atoms with Crippen LogP contribution in [0.5, 0.6) is 0 Å². The molecule has 0 unspecified atom stereocenters. The molecule has 84 valence electrons. The van der Waals surface area contributed by atoms with Crippen molar-refractivity contribution >= 4 is 23.1 Å². The number of nitrogens with two attached hydrogens (primary N) is 1. The van der Waals surface area contributed by atoms with Crippen LogP contribution in [0.4, 0.5) is 0 Å². The van der Waals surface area contributed by atoms with E-state index >= 15 is 0 Å². The van der Waals surface area contributed by atoms with Gasteiger partial charge in [0.05, 0.1) is 0 Å². The molecule has 1 aromatic rings. The molecule has 0 amide bonds. The van der Waals surface area contributed by atoms with E-state index in [9.17, 15) is 0 Å². The Hall–Kier alpha value is -0.0300. The molecule has 0 aromatic carbocycles. The van der Waals surface area contributed by atoms with Gasteiger partial charge in [-0.25, -0.2) is 0 Å². The third-order valence-electron chi connectivity index (χ3n) is 3.06. The molecule has 2 nitrogen and oxygen atoms in total. The molecule has 2 rings (SSSR count). The fraction of sp³-hybridized carbons (Fsp3) is 0.636. The summed E-state index contributed by atoms with van der Waals surface area (Å²) in [5.41, 5.74) is 6.11. The van der Waals surface area contributed by atoms with Gasteiger partial charge in [0, 0.05) is 23.5 Å². The van der Waals surface area contributed by atoms with Crippen molar-refractivity contribution in [2.24, 2.45) is 5.73 Å². The van der Waals surface area contributed by atoms with Crippen LogP contribution in [-0.2, 0) is 6.54 Å². The molecular weight excluding hydrogens is 224 g/mol. The van der Waals surface area contributed by atoms with Gasteiger partial charge in [0.1, 0.15) is 0 Å². The van der Waals surface area contributed by atoms with E-state index in [-0.39, 0.29) is 5.54 Å². The van der Waals surface area contributed by atoms with E-state index in [2.05, 4.69) is 22.8 Å². The van der Waals surface area contributed by atoms with E-state index in [4.69, 9.17) is 5.73 Å². The van der Waals surface area contributed by atoms with E-state index in [1.54, 1.807) is 0 Å². The first-order valence-electron chi connectivity index (χ1n) is 5.40. The minimum absolute atomic E-state index is 0.204. The largest absolute Gasteiger partial charge is 0.329 e. The predicted octanol–water partition coefficient (Wildman–Crippen LogP) is 2.06. The maximum Gasteiger partial charge on any atom is 0.0323 e. The van der Waals surface area contributed by atoms with Crippen LogP contribution in [0.25, 0.3) is 0 Å². The quantitative estimate of drug-likeness (QED) is 0.849. The highest BCUT2D eigenvalue weighted by molar-refractivity contribution is 7.99. The summed E-state index contributed by atoms with van der Waals surface area (Å²) in [6.07, 6.45) is 2.42. The summed E-state index contributed by atoms with van der Waals surface area (Å²) in [5, 5.41) is 5.79. The second-order valence-electron chi connectivity index (χ2n) is 4.03. The van der Waals surface area contributed by atoms with Crippen molar-refractivity contribution in [2.45, 2.75) is 24.9 Å².